The van der Waals surface area contributed by atoms with Gasteiger partial charge in [-0.05, 0) is 39.3 Å². The van der Waals surface area contributed by atoms with E-state index < -0.39 is 11.7 Å². The molecular weight excluding hydrogens is 290 g/mol. The minimum absolute atomic E-state index is 0.235. The number of rotatable bonds is 5. The van der Waals surface area contributed by atoms with Gasteiger partial charge in [0.2, 0.25) is 0 Å². The van der Waals surface area contributed by atoms with Crippen LogP contribution in [-0.4, -0.2) is 24.3 Å². The van der Waals surface area contributed by atoms with E-state index in [1.807, 2.05) is 38.3 Å². The van der Waals surface area contributed by atoms with Crippen LogP contribution in [0.25, 0.3) is 6.08 Å². The van der Waals surface area contributed by atoms with E-state index in [1.165, 1.54) is 11.3 Å². The van der Waals surface area contributed by atoms with Crippen LogP contribution in [0.5, 0.6) is 0 Å². The summed E-state index contributed by atoms with van der Waals surface area (Å²) in [6, 6.07) is 1.82. The topological polar surface area (TPSA) is 64.6 Å². The highest BCUT2D eigenvalue weighted by atomic mass is 32.1. The Labute approximate surface area is 128 Å². The monoisotopic (exact) mass is 311 g/mol. The number of anilines is 1. The molecule has 0 radical (unpaired) electrons. The predicted molar refractivity (Wildman–Crippen MR) is 84.5 cm³/mol. The third kappa shape index (κ3) is 7.51. The third-order valence-electron chi connectivity index (χ3n) is 2.14. The van der Waals surface area contributed by atoms with Gasteiger partial charge in [-0.25, -0.2) is 4.79 Å². The molecule has 0 spiro atoms. The summed E-state index contributed by atoms with van der Waals surface area (Å²) < 4.78 is 9.99. The maximum atomic E-state index is 11.6. The van der Waals surface area contributed by atoms with E-state index in [0.29, 0.717) is 11.6 Å². The lowest BCUT2D eigenvalue weighted by molar-refractivity contribution is -0.142. The smallest absolute Gasteiger partial charge is 0.412 e. The number of ether oxygens (including phenoxy) is 2. The molecule has 1 amide bonds. The predicted octanol–water partition coefficient (Wildman–Crippen LogP) is 4.06. The molecule has 21 heavy (non-hydrogen) atoms. The fraction of sp³-hybridized carbons (Fsp3) is 0.467. The zero-order valence-electron chi connectivity index (χ0n) is 12.8. The number of hydrogen-bond acceptors (Lipinski definition) is 5. The van der Waals surface area contributed by atoms with E-state index in [0.717, 1.165) is 5.56 Å². The summed E-state index contributed by atoms with van der Waals surface area (Å²) in [7, 11) is 0. The van der Waals surface area contributed by atoms with E-state index in [9.17, 15) is 9.59 Å². The van der Waals surface area contributed by atoms with Gasteiger partial charge in [-0.2, -0.15) is 0 Å². The van der Waals surface area contributed by atoms with Crippen LogP contribution in [-0.2, 0) is 14.3 Å². The molecule has 1 aromatic heterocycles. The molecule has 0 saturated heterocycles. The zero-order valence-corrected chi connectivity index (χ0v) is 13.6. The van der Waals surface area contributed by atoms with Crippen molar-refractivity contribution in [3.05, 3.63) is 23.1 Å². The summed E-state index contributed by atoms with van der Waals surface area (Å²) >= 11 is 1.39. The van der Waals surface area contributed by atoms with E-state index in [1.54, 1.807) is 13.0 Å². The Morgan fingerprint density at radius 3 is 2.71 bits per heavy atom. The summed E-state index contributed by atoms with van der Waals surface area (Å²) in [5.74, 6) is -0.254. The van der Waals surface area contributed by atoms with Crippen molar-refractivity contribution in [1.29, 1.82) is 0 Å². The molecule has 1 aromatic rings. The van der Waals surface area contributed by atoms with Crippen LogP contribution >= 0.6 is 11.3 Å². The highest BCUT2D eigenvalue weighted by Gasteiger charge is 2.16. The van der Waals surface area contributed by atoms with Crippen LogP contribution in [0.15, 0.2) is 17.5 Å². The van der Waals surface area contributed by atoms with Crippen LogP contribution in [0.4, 0.5) is 9.80 Å². The number of nitrogens with one attached hydrogen (secondary N) is 1. The Bertz CT molecular complexity index is 514. The van der Waals surface area contributed by atoms with Crippen LogP contribution in [0.1, 0.15) is 39.7 Å². The average molecular weight is 311 g/mol. The lowest BCUT2D eigenvalue weighted by Crippen LogP contribution is -2.26. The summed E-state index contributed by atoms with van der Waals surface area (Å²) in [6.45, 7) is 7.59. The van der Waals surface area contributed by atoms with Crippen molar-refractivity contribution in [3.8, 4) is 0 Å². The van der Waals surface area contributed by atoms with Crippen molar-refractivity contribution in [2.24, 2.45) is 0 Å². The Hall–Kier alpha value is -1.82. The van der Waals surface area contributed by atoms with Crippen molar-refractivity contribution in [3.63, 3.8) is 0 Å². The zero-order chi connectivity index (χ0) is 15.9. The van der Waals surface area contributed by atoms with Gasteiger partial charge in [0.15, 0.2) is 0 Å². The van der Waals surface area contributed by atoms with Crippen LogP contribution in [0.3, 0.4) is 0 Å². The number of carbonyl (C=O) groups excluding carboxylic acids is 2. The Balaban J connectivity index is 2.48. The standard InChI is InChI=1S/C15H21NO4S/c1-5-19-13(17)8-6-7-11-9-12(21-10-11)16-14(18)20-15(2,3)4/h6-7,9-10H,5,8H2,1-4H3,(H,16,18). The molecule has 0 bridgehead atoms. The Kier molecular flexibility index (Phi) is 6.42. The van der Waals surface area contributed by atoms with E-state index in [2.05, 4.69) is 5.32 Å². The largest absolute Gasteiger partial charge is 0.466 e. The first-order valence-electron chi connectivity index (χ1n) is 6.71. The van der Waals surface area contributed by atoms with Crippen molar-refractivity contribution in [1.82, 2.24) is 0 Å². The number of esters is 1. The van der Waals surface area contributed by atoms with Gasteiger partial charge < -0.3 is 9.47 Å². The van der Waals surface area contributed by atoms with Gasteiger partial charge >= 0.3 is 12.1 Å². The Morgan fingerprint density at radius 1 is 1.38 bits per heavy atom. The molecule has 1 heterocycles. The molecule has 1 N–H and O–H groups in total. The number of thiophene rings is 1. The summed E-state index contributed by atoms with van der Waals surface area (Å²) in [6.07, 6.45) is 3.30. The number of carbonyl (C=O) groups is 2. The minimum atomic E-state index is -0.524. The van der Waals surface area contributed by atoms with Crippen molar-refractivity contribution in [2.45, 2.75) is 39.7 Å². The van der Waals surface area contributed by atoms with E-state index in [-0.39, 0.29) is 12.4 Å². The molecule has 0 aromatic carbocycles. The lowest BCUT2D eigenvalue weighted by atomic mass is 10.2. The second-order valence-electron chi connectivity index (χ2n) is 5.28. The van der Waals surface area contributed by atoms with Crippen molar-refractivity contribution < 1.29 is 19.1 Å². The van der Waals surface area contributed by atoms with Gasteiger partial charge in [0, 0.05) is 5.38 Å². The quantitative estimate of drug-likeness (QED) is 0.833. The van der Waals surface area contributed by atoms with Gasteiger partial charge in [0.1, 0.15) is 5.60 Å². The first kappa shape index (κ1) is 17.2. The van der Waals surface area contributed by atoms with Gasteiger partial charge in [0.25, 0.3) is 0 Å². The summed E-state index contributed by atoms with van der Waals surface area (Å²) in [4.78, 5) is 22.8. The van der Waals surface area contributed by atoms with Crippen LogP contribution < -0.4 is 5.32 Å². The maximum Gasteiger partial charge on any atom is 0.412 e. The number of amides is 1. The van der Waals surface area contributed by atoms with Crippen LogP contribution in [0, 0.1) is 0 Å². The molecule has 116 valence electrons. The molecule has 0 unspecified atom stereocenters. The normalized spacial score (nSPS) is 11.4. The van der Waals surface area contributed by atoms with Gasteiger partial charge in [-0.15, -0.1) is 11.3 Å². The number of hydrogen-bond donors (Lipinski definition) is 1. The second-order valence-corrected chi connectivity index (χ2v) is 6.19. The minimum Gasteiger partial charge on any atom is -0.466 e. The summed E-state index contributed by atoms with van der Waals surface area (Å²) in [5, 5.41) is 5.25. The van der Waals surface area contributed by atoms with E-state index in [4.69, 9.17) is 9.47 Å². The second kappa shape index (κ2) is 7.83. The maximum absolute atomic E-state index is 11.6. The average Bonchev–Trinajstić information content (AvgIpc) is 2.74. The summed E-state index contributed by atoms with van der Waals surface area (Å²) in [5.41, 5.74) is 0.388. The SMILES string of the molecule is CCOC(=O)CC=Cc1csc(NC(=O)OC(C)(C)C)c1. The third-order valence-corrected chi connectivity index (χ3v) is 3.01. The highest BCUT2D eigenvalue weighted by Crippen LogP contribution is 2.22. The van der Waals surface area contributed by atoms with Crippen molar-refractivity contribution in [2.75, 3.05) is 11.9 Å². The molecule has 0 fully saturated rings. The van der Waals surface area contributed by atoms with Gasteiger partial charge in [0.05, 0.1) is 18.0 Å². The molecular formula is C15H21NO4S. The molecule has 6 heteroatoms. The molecule has 5 nitrogen and oxygen atoms in total. The molecule has 0 aliphatic heterocycles. The Morgan fingerprint density at radius 2 is 2.10 bits per heavy atom. The fourth-order valence-electron chi connectivity index (χ4n) is 1.42. The highest BCUT2D eigenvalue weighted by molar-refractivity contribution is 7.14. The van der Waals surface area contributed by atoms with Crippen molar-refractivity contribution >= 4 is 34.5 Å². The van der Waals surface area contributed by atoms with Gasteiger partial charge in [-0.3, -0.25) is 10.1 Å². The first-order valence-corrected chi connectivity index (χ1v) is 7.59. The fourth-order valence-corrected chi connectivity index (χ4v) is 2.18. The first-order chi connectivity index (χ1) is 9.80. The molecule has 0 aliphatic carbocycles. The lowest BCUT2D eigenvalue weighted by Gasteiger charge is -2.19. The van der Waals surface area contributed by atoms with Crippen LogP contribution in [0.2, 0.25) is 0 Å². The van der Waals surface area contributed by atoms with E-state index >= 15 is 0 Å². The van der Waals surface area contributed by atoms with Gasteiger partial charge in [-0.1, -0.05) is 12.2 Å². The molecule has 1 rings (SSSR count). The molecule has 0 aliphatic rings. The molecule has 0 atom stereocenters. The molecule has 0 saturated carbocycles.